The minimum atomic E-state index is 0.678. The molecule has 2 N–H and O–H groups in total. The van der Waals surface area contributed by atoms with Gasteiger partial charge in [0.05, 0.1) is 18.1 Å². The lowest BCUT2D eigenvalue weighted by molar-refractivity contribution is 1.09. The van der Waals surface area contributed by atoms with Crippen LogP contribution in [0.3, 0.4) is 0 Å². The third kappa shape index (κ3) is 1.74. The summed E-state index contributed by atoms with van der Waals surface area (Å²) in [5.41, 5.74) is 2.64. The topological polar surface area (TPSA) is 83.8 Å². The summed E-state index contributed by atoms with van der Waals surface area (Å²) >= 11 is 1.52. The molecule has 0 spiro atoms. The van der Waals surface area contributed by atoms with E-state index in [1.54, 1.807) is 24.8 Å². The number of hydrogen-bond donors (Lipinski definition) is 2. The number of rotatable bonds is 3. The second kappa shape index (κ2) is 4.42. The maximum Gasteiger partial charge on any atom is 0.188 e. The molecule has 98 valence electrons. The highest BCUT2D eigenvalue weighted by Crippen LogP contribution is 2.25. The zero-order valence-corrected chi connectivity index (χ0v) is 11.0. The Kier molecular flexibility index (Phi) is 2.46. The number of imidazole rings is 1. The Morgan fingerprint density at radius 3 is 2.95 bits per heavy atom. The molecular weight excluding hydrogens is 274 g/mol. The predicted octanol–water partition coefficient (Wildman–Crippen LogP) is 2.32. The van der Waals surface area contributed by atoms with Crippen molar-refractivity contribution in [2.75, 3.05) is 5.32 Å². The summed E-state index contributed by atoms with van der Waals surface area (Å²) in [6, 6.07) is 0. The van der Waals surface area contributed by atoms with E-state index in [2.05, 4.69) is 30.5 Å². The molecule has 20 heavy (non-hydrogen) atoms. The normalized spacial score (nSPS) is 11.0. The van der Waals surface area contributed by atoms with E-state index in [-0.39, 0.29) is 0 Å². The van der Waals surface area contributed by atoms with Gasteiger partial charge in [-0.1, -0.05) is 0 Å². The van der Waals surface area contributed by atoms with Crippen molar-refractivity contribution in [2.45, 2.75) is 0 Å². The smallest absolute Gasteiger partial charge is 0.188 e. The summed E-state index contributed by atoms with van der Waals surface area (Å²) in [4.78, 5) is 13.0. The molecule has 4 rings (SSSR count). The molecule has 0 bridgehead atoms. The molecule has 0 aliphatic heterocycles. The van der Waals surface area contributed by atoms with Crippen LogP contribution >= 0.6 is 11.3 Å². The van der Waals surface area contributed by atoms with E-state index in [4.69, 9.17) is 0 Å². The fourth-order valence-corrected chi connectivity index (χ4v) is 2.53. The molecule has 0 aliphatic rings. The third-order valence-electron chi connectivity index (χ3n) is 2.88. The molecule has 0 saturated carbocycles. The lowest BCUT2D eigenvalue weighted by Crippen LogP contribution is -2.00. The van der Waals surface area contributed by atoms with E-state index in [9.17, 15) is 0 Å². The highest BCUT2D eigenvalue weighted by molar-refractivity contribution is 7.13. The van der Waals surface area contributed by atoms with Gasteiger partial charge in [0.2, 0.25) is 0 Å². The molecule has 4 aromatic rings. The fourth-order valence-electron chi connectivity index (χ4n) is 2.00. The number of fused-ring (bicyclic) bond motifs is 1. The van der Waals surface area contributed by atoms with E-state index in [1.807, 2.05) is 22.2 Å². The van der Waals surface area contributed by atoms with E-state index in [0.29, 0.717) is 5.82 Å². The summed E-state index contributed by atoms with van der Waals surface area (Å²) < 4.78 is 1.97. The number of anilines is 2. The third-order valence-corrected chi connectivity index (χ3v) is 3.57. The summed E-state index contributed by atoms with van der Waals surface area (Å²) in [5, 5.41) is 12.6. The molecule has 0 aliphatic carbocycles. The average molecular weight is 283 g/mol. The monoisotopic (exact) mass is 283 g/mol. The molecule has 7 nitrogen and oxygen atoms in total. The zero-order chi connectivity index (χ0) is 13.4. The maximum atomic E-state index is 4.44. The minimum absolute atomic E-state index is 0.678. The van der Waals surface area contributed by atoms with Crippen LogP contribution in [0.15, 0.2) is 42.6 Å². The Morgan fingerprint density at radius 1 is 1.15 bits per heavy atom. The van der Waals surface area contributed by atoms with Crippen molar-refractivity contribution in [3.05, 3.63) is 42.6 Å². The highest BCUT2D eigenvalue weighted by atomic mass is 32.1. The Morgan fingerprint density at radius 2 is 2.15 bits per heavy atom. The number of H-pyrrole nitrogens is 1. The fraction of sp³-hybridized carbons (Fsp3) is 0. The van der Waals surface area contributed by atoms with Gasteiger partial charge >= 0.3 is 0 Å². The van der Waals surface area contributed by atoms with Crippen molar-refractivity contribution in [3.63, 3.8) is 0 Å². The van der Waals surface area contributed by atoms with E-state index < -0.39 is 0 Å². The standard InChI is InChI=1S/C12H9N7S/c1-3-19-9(8-5-16-17-6-8)7-15-10(11(19)13-1)18-12-14-2-4-20-12/h1-7H,(H,16,17)(H,14,15,18). The van der Waals surface area contributed by atoms with Crippen molar-refractivity contribution in [1.82, 2.24) is 29.5 Å². The molecule has 4 aromatic heterocycles. The van der Waals surface area contributed by atoms with Crippen LogP contribution in [0.25, 0.3) is 16.9 Å². The van der Waals surface area contributed by atoms with Crippen LogP contribution in [0.2, 0.25) is 0 Å². The first-order valence-corrected chi connectivity index (χ1v) is 6.77. The number of nitrogens with one attached hydrogen (secondary N) is 2. The molecule has 0 atom stereocenters. The number of hydrogen-bond acceptors (Lipinski definition) is 6. The van der Waals surface area contributed by atoms with Crippen LogP contribution in [0.1, 0.15) is 0 Å². The first kappa shape index (κ1) is 11.1. The maximum absolute atomic E-state index is 4.44. The second-order valence-corrected chi connectivity index (χ2v) is 4.96. The second-order valence-electron chi connectivity index (χ2n) is 4.06. The van der Waals surface area contributed by atoms with Gasteiger partial charge in [-0.05, 0) is 0 Å². The van der Waals surface area contributed by atoms with Gasteiger partial charge in [-0.15, -0.1) is 11.3 Å². The van der Waals surface area contributed by atoms with Crippen molar-refractivity contribution in [3.8, 4) is 11.3 Å². The Labute approximate surface area is 117 Å². The van der Waals surface area contributed by atoms with Crippen LogP contribution in [0.4, 0.5) is 10.9 Å². The van der Waals surface area contributed by atoms with Gasteiger partial charge in [-0.3, -0.25) is 9.50 Å². The zero-order valence-electron chi connectivity index (χ0n) is 10.2. The van der Waals surface area contributed by atoms with Gasteiger partial charge in [-0.25, -0.2) is 15.0 Å². The molecule has 8 heteroatoms. The van der Waals surface area contributed by atoms with Gasteiger partial charge in [-0.2, -0.15) is 5.10 Å². The van der Waals surface area contributed by atoms with Gasteiger partial charge in [0.15, 0.2) is 16.6 Å². The van der Waals surface area contributed by atoms with Crippen LogP contribution < -0.4 is 5.32 Å². The first-order chi connectivity index (χ1) is 9.92. The Hall–Kier alpha value is -2.74. The highest BCUT2D eigenvalue weighted by Gasteiger charge is 2.11. The largest absolute Gasteiger partial charge is 0.313 e. The van der Waals surface area contributed by atoms with Crippen LogP contribution in [-0.2, 0) is 0 Å². The Balaban J connectivity index is 1.85. The van der Waals surface area contributed by atoms with E-state index in [0.717, 1.165) is 22.0 Å². The van der Waals surface area contributed by atoms with E-state index in [1.165, 1.54) is 11.3 Å². The molecule has 0 radical (unpaired) electrons. The quantitative estimate of drug-likeness (QED) is 0.603. The summed E-state index contributed by atoms with van der Waals surface area (Å²) in [6.45, 7) is 0. The lowest BCUT2D eigenvalue weighted by atomic mass is 10.2. The average Bonchev–Trinajstić information content (AvgIpc) is 3.22. The molecule has 0 aromatic carbocycles. The summed E-state index contributed by atoms with van der Waals surface area (Å²) in [6.07, 6.45) is 10.7. The van der Waals surface area contributed by atoms with Crippen LogP contribution in [-0.4, -0.2) is 29.5 Å². The number of aromatic amines is 1. The summed E-state index contributed by atoms with van der Waals surface area (Å²) in [5.74, 6) is 0.678. The van der Waals surface area contributed by atoms with E-state index >= 15 is 0 Å². The lowest BCUT2D eigenvalue weighted by Gasteiger charge is -2.07. The predicted molar refractivity (Wildman–Crippen MR) is 76.0 cm³/mol. The van der Waals surface area contributed by atoms with Crippen molar-refractivity contribution in [1.29, 1.82) is 0 Å². The SMILES string of the molecule is c1csc(Nc2ncc(-c3cn[nH]c3)n3ccnc23)n1. The molecular formula is C12H9N7S. The van der Waals surface area contributed by atoms with Gasteiger partial charge in [0, 0.05) is 35.7 Å². The number of aromatic nitrogens is 6. The molecule has 0 unspecified atom stereocenters. The van der Waals surface area contributed by atoms with Crippen molar-refractivity contribution < 1.29 is 0 Å². The van der Waals surface area contributed by atoms with Gasteiger partial charge < -0.3 is 5.32 Å². The number of nitrogens with zero attached hydrogens (tertiary/aromatic N) is 5. The molecule has 4 heterocycles. The van der Waals surface area contributed by atoms with Crippen LogP contribution in [0.5, 0.6) is 0 Å². The van der Waals surface area contributed by atoms with Gasteiger partial charge in [0.25, 0.3) is 0 Å². The molecule has 0 amide bonds. The molecule has 0 saturated heterocycles. The minimum Gasteiger partial charge on any atom is -0.313 e. The van der Waals surface area contributed by atoms with Crippen molar-refractivity contribution in [2.24, 2.45) is 0 Å². The molecule has 0 fully saturated rings. The first-order valence-electron chi connectivity index (χ1n) is 5.89. The Bertz CT molecular complexity index is 832. The summed E-state index contributed by atoms with van der Waals surface area (Å²) in [7, 11) is 0. The van der Waals surface area contributed by atoms with Gasteiger partial charge in [0.1, 0.15) is 0 Å². The van der Waals surface area contributed by atoms with Crippen molar-refractivity contribution >= 4 is 27.9 Å². The number of thiazole rings is 1. The van der Waals surface area contributed by atoms with Crippen LogP contribution in [0, 0.1) is 0 Å².